The average molecular weight is 513 g/mol. The lowest BCUT2D eigenvalue weighted by Gasteiger charge is -2.31. The van der Waals surface area contributed by atoms with Gasteiger partial charge in [0.1, 0.15) is 11.4 Å². The van der Waals surface area contributed by atoms with Crippen LogP contribution in [0.25, 0.3) is 0 Å². The Morgan fingerprint density at radius 2 is 1.70 bits per heavy atom. The van der Waals surface area contributed by atoms with Gasteiger partial charge in [-0.25, -0.2) is 9.59 Å². The molecule has 1 aromatic heterocycles. The zero-order valence-electron chi connectivity index (χ0n) is 22.8. The van der Waals surface area contributed by atoms with E-state index >= 15 is 0 Å². The van der Waals surface area contributed by atoms with Gasteiger partial charge in [-0.15, -0.1) is 0 Å². The van der Waals surface area contributed by atoms with Crippen LogP contribution in [0.4, 0.5) is 10.5 Å². The highest BCUT2D eigenvalue weighted by Crippen LogP contribution is 2.39. The van der Waals surface area contributed by atoms with E-state index in [2.05, 4.69) is 16.4 Å². The molecule has 1 N–H and O–H groups in total. The highest BCUT2D eigenvalue weighted by Gasteiger charge is 2.33. The van der Waals surface area contributed by atoms with Crippen LogP contribution < -0.4 is 10.1 Å². The molecule has 2 aromatic rings. The lowest BCUT2D eigenvalue weighted by Crippen LogP contribution is -2.40. The van der Waals surface area contributed by atoms with Gasteiger partial charge >= 0.3 is 12.1 Å². The van der Waals surface area contributed by atoms with Gasteiger partial charge in [-0.2, -0.15) is 0 Å². The molecule has 0 aliphatic heterocycles. The van der Waals surface area contributed by atoms with Gasteiger partial charge in [0.2, 0.25) is 0 Å². The number of para-hydroxylation sites is 1. The van der Waals surface area contributed by atoms with Gasteiger partial charge in [0.15, 0.2) is 5.60 Å². The Balaban J connectivity index is 1.57. The van der Waals surface area contributed by atoms with Crippen LogP contribution in [0.15, 0.2) is 42.6 Å². The number of carbonyl (C=O) groups excluding carboxylic acids is 2. The molecule has 1 aliphatic rings. The standard InChI is InChI=1S/C29H40N2O6/c1-7-34-26(32)29(5,6)36-25-13-9-8-11-22(25)20-14-16-21(17-15-20)35-19-24-23(12-10-18-30-24)31-27(33)37-28(2,3)4/h8-13,18,20-21H,7,14-17,19H2,1-6H3,(H,31,33). The summed E-state index contributed by atoms with van der Waals surface area (Å²) >= 11 is 0. The maximum absolute atomic E-state index is 12.3. The number of benzene rings is 1. The van der Waals surface area contributed by atoms with Crippen LogP contribution in [0.1, 0.15) is 84.4 Å². The highest BCUT2D eigenvalue weighted by atomic mass is 16.6. The van der Waals surface area contributed by atoms with Crippen LogP contribution in [0.2, 0.25) is 0 Å². The molecule has 0 unspecified atom stereocenters. The number of amides is 1. The third-order valence-electron chi connectivity index (χ3n) is 6.15. The molecule has 37 heavy (non-hydrogen) atoms. The van der Waals surface area contributed by atoms with Gasteiger partial charge in [0.25, 0.3) is 0 Å². The number of aromatic nitrogens is 1. The molecular weight excluding hydrogens is 472 g/mol. The first kappa shape index (κ1) is 28.4. The smallest absolute Gasteiger partial charge is 0.412 e. The van der Waals surface area contributed by atoms with Crippen LogP contribution in [0.3, 0.4) is 0 Å². The third kappa shape index (κ3) is 8.45. The van der Waals surface area contributed by atoms with Gasteiger partial charge in [-0.05, 0) is 96.9 Å². The Hall–Kier alpha value is -3.13. The third-order valence-corrected chi connectivity index (χ3v) is 6.15. The van der Waals surface area contributed by atoms with Crippen molar-refractivity contribution in [2.75, 3.05) is 11.9 Å². The first-order valence-corrected chi connectivity index (χ1v) is 13.0. The van der Waals surface area contributed by atoms with Crippen LogP contribution in [-0.4, -0.2) is 41.0 Å². The fourth-order valence-corrected chi connectivity index (χ4v) is 4.35. The van der Waals surface area contributed by atoms with Crippen molar-refractivity contribution in [2.24, 2.45) is 0 Å². The summed E-state index contributed by atoms with van der Waals surface area (Å²) in [5, 5.41) is 2.77. The number of hydrogen-bond donors (Lipinski definition) is 1. The van der Waals surface area contributed by atoms with Crippen molar-refractivity contribution in [3.63, 3.8) is 0 Å². The molecule has 8 heteroatoms. The number of esters is 1. The monoisotopic (exact) mass is 512 g/mol. The Bertz CT molecular complexity index is 1050. The molecule has 1 aliphatic carbocycles. The molecule has 0 bridgehead atoms. The first-order chi connectivity index (χ1) is 17.5. The van der Waals surface area contributed by atoms with Crippen molar-refractivity contribution in [3.05, 3.63) is 53.9 Å². The van der Waals surface area contributed by atoms with Gasteiger partial charge < -0.3 is 18.9 Å². The Labute approximate surface area is 220 Å². The quantitative estimate of drug-likeness (QED) is 0.389. The molecule has 1 aromatic carbocycles. The van der Waals surface area contributed by atoms with E-state index in [4.69, 9.17) is 18.9 Å². The molecule has 1 fully saturated rings. The van der Waals surface area contributed by atoms with Gasteiger partial charge in [-0.1, -0.05) is 18.2 Å². The number of nitrogens with one attached hydrogen (secondary N) is 1. The van der Waals surface area contributed by atoms with Crippen molar-refractivity contribution < 1.29 is 28.5 Å². The topological polar surface area (TPSA) is 96.0 Å². The summed E-state index contributed by atoms with van der Waals surface area (Å²) in [6.45, 7) is 11.3. The second-order valence-corrected chi connectivity index (χ2v) is 10.8. The molecule has 0 saturated heterocycles. The zero-order chi connectivity index (χ0) is 27.1. The van der Waals surface area contributed by atoms with Gasteiger partial charge in [-0.3, -0.25) is 10.3 Å². The number of pyridine rings is 1. The Morgan fingerprint density at radius 1 is 1.00 bits per heavy atom. The average Bonchev–Trinajstić information content (AvgIpc) is 2.83. The molecule has 202 valence electrons. The maximum atomic E-state index is 12.3. The molecule has 8 nitrogen and oxygen atoms in total. The predicted octanol–water partition coefficient (Wildman–Crippen LogP) is 6.39. The first-order valence-electron chi connectivity index (χ1n) is 13.0. The summed E-state index contributed by atoms with van der Waals surface area (Å²) in [4.78, 5) is 28.9. The van der Waals surface area contributed by atoms with E-state index in [1.165, 1.54) is 0 Å². The highest BCUT2D eigenvalue weighted by molar-refractivity contribution is 5.85. The summed E-state index contributed by atoms with van der Waals surface area (Å²) in [6, 6.07) is 11.5. The number of ether oxygens (including phenoxy) is 4. The second kappa shape index (κ2) is 12.4. The van der Waals surface area contributed by atoms with Gasteiger partial charge in [0, 0.05) is 6.20 Å². The zero-order valence-corrected chi connectivity index (χ0v) is 22.8. The summed E-state index contributed by atoms with van der Waals surface area (Å²) in [7, 11) is 0. The van der Waals surface area contributed by atoms with E-state index < -0.39 is 17.3 Å². The molecule has 0 spiro atoms. The minimum atomic E-state index is -1.07. The van der Waals surface area contributed by atoms with Crippen molar-refractivity contribution in [1.29, 1.82) is 0 Å². The number of nitrogens with zero attached hydrogens (tertiary/aromatic N) is 1. The van der Waals surface area contributed by atoms with Crippen molar-refractivity contribution in [1.82, 2.24) is 4.98 Å². The minimum absolute atomic E-state index is 0.0942. The van der Waals surface area contributed by atoms with E-state index in [0.717, 1.165) is 37.0 Å². The summed E-state index contributed by atoms with van der Waals surface area (Å²) < 4.78 is 22.9. The van der Waals surface area contributed by atoms with E-state index in [-0.39, 0.29) is 12.1 Å². The molecule has 3 rings (SSSR count). The fourth-order valence-electron chi connectivity index (χ4n) is 4.35. The molecule has 1 amide bonds. The molecule has 0 atom stereocenters. The Morgan fingerprint density at radius 3 is 2.38 bits per heavy atom. The van der Waals surface area contributed by atoms with Crippen LogP contribution in [-0.2, 0) is 25.6 Å². The molecular formula is C29H40N2O6. The van der Waals surface area contributed by atoms with Crippen molar-refractivity contribution in [2.45, 2.75) is 97.1 Å². The van der Waals surface area contributed by atoms with E-state index in [1.807, 2.05) is 39.0 Å². The SMILES string of the molecule is CCOC(=O)C(C)(C)Oc1ccccc1C1CCC(OCc2ncccc2NC(=O)OC(C)(C)C)CC1. The summed E-state index contributed by atoms with van der Waals surface area (Å²) in [5.74, 6) is 0.654. The summed E-state index contributed by atoms with van der Waals surface area (Å²) in [6.07, 6.45) is 4.92. The fraction of sp³-hybridized carbons (Fsp3) is 0.552. The van der Waals surface area contributed by atoms with E-state index in [0.29, 0.717) is 30.5 Å². The molecule has 0 radical (unpaired) electrons. The summed E-state index contributed by atoms with van der Waals surface area (Å²) in [5.41, 5.74) is 0.697. The predicted molar refractivity (Wildman–Crippen MR) is 142 cm³/mol. The van der Waals surface area contributed by atoms with Crippen molar-refractivity contribution >= 4 is 17.7 Å². The normalized spacial score (nSPS) is 18.1. The maximum Gasteiger partial charge on any atom is 0.412 e. The second-order valence-electron chi connectivity index (χ2n) is 10.8. The van der Waals surface area contributed by atoms with E-state index in [9.17, 15) is 9.59 Å². The van der Waals surface area contributed by atoms with Gasteiger partial charge in [0.05, 0.1) is 30.7 Å². The lowest BCUT2D eigenvalue weighted by atomic mass is 9.82. The number of rotatable bonds is 9. The largest absolute Gasteiger partial charge is 0.476 e. The van der Waals surface area contributed by atoms with E-state index in [1.54, 1.807) is 39.1 Å². The number of carbonyl (C=O) groups is 2. The number of hydrogen-bond acceptors (Lipinski definition) is 7. The Kier molecular flexibility index (Phi) is 9.54. The van der Waals surface area contributed by atoms with Crippen LogP contribution >= 0.6 is 0 Å². The van der Waals surface area contributed by atoms with Crippen LogP contribution in [0, 0.1) is 0 Å². The van der Waals surface area contributed by atoms with Crippen molar-refractivity contribution in [3.8, 4) is 5.75 Å². The minimum Gasteiger partial charge on any atom is -0.476 e. The molecule has 1 heterocycles. The molecule has 1 saturated carbocycles. The van der Waals surface area contributed by atoms with Crippen LogP contribution in [0.5, 0.6) is 5.75 Å². The lowest BCUT2D eigenvalue weighted by molar-refractivity contribution is -0.158. The number of anilines is 1.